The largest absolute Gasteiger partial charge is 0.384 e. The number of pyridine rings is 1. The standard InChI is InChI=1S/C10H14N2/c1-12(2)9-3-4-10-5-7-11-8-6-10/h3,5-9H,4H2,1-2H3. The normalized spacial score (nSPS) is 10.5. The number of rotatable bonds is 3. The van der Waals surface area contributed by atoms with Gasteiger partial charge in [0.05, 0.1) is 0 Å². The van der Waals surface area contributed by atoms with Crippen LogP contribution in [0.25, 0.3) is 0 Å². The average Bonchev–Trinajstić information content (AvgIpc) is 2.05. The summed E-state index contributed by atoms with van der Waals surface area (Å²) in [6, 6.07) is 4.06. The van der Waals surface area contributed by atoms with Crippen molar-refractivity contribution in [3.05, 3.63) is 42.4 Å². The van der Waals surface area contributed by atoms with E-state index in [1.54, 1.807) is 0 Å². The Hall–Kier alpha value is -1.31. The highest BCUT2D eigenvalue weighted by Crippen LogP contribution is 1.97. The monoisotopic (exact) mass is 162 g/mol. The van der Waals surface area contributed by atoms with E-state index < -0.39 is 0 Å². The van der Waals surface area contributed by atoms with Gasteiger partial charge in [-0.1, -0.05) is 6.08 Å². The maximum absolute atomic E-state index is 3.95. The zero-order valence-corrected chi connectivity index (χ0v) is 7.57. The van der Waals surface area contributed by atoms with Crippen LogP contribution in [0.4, 0.5) is 0 Å². The quantitative estimate of drug-likeness (QED) is 0.672. The fraction of sp³-hybridized carbons (Fsp3) is 0.300. The molecule has 0 N–H and O–H groups in total. The minimum atomic E-state index is 0.973. The van der Waals surface area contributed by atoms with E-state index in [2.05, 4.69) is 17.3 Å². The highest BCUT2D eigenvalue weighted by molar-refractivity contribution is 5.13. The number of hydrogen-bond donors (Lipinski definition) is 0. The van der Waals surface area contributed by atoms with Crippen LogP contribution >= 0.6 is 0 Å². The molecule has 64 valence electrons. The van der Waals surface area contributed by atoms with Crippen molar-refractivity contribution in [2.24, 2.45) is 0 Å². The third-order valence-electron chi connectivity index (χ3n) is 1.51. The molecule has 0 amide bonds. The SMILES string of the molecule is CN(C)C=CCc1ccncc1. The average molecular weight is 162 g/mol. The summed E-state index contributed by atoms with van der Waals surface area (Å²) in [5, 5.41) is 0. The van der Waals surface area contributed by atoms with Crippen molar-refractivity contribution < 1.29 is 0 Å². The minimum Gasteiger partial charge on any atom is -0.384 e. The van der Waals surface area contributed by atoms with Gasteiger partial charge in [0.1, 0.15) is 0 Å². The van der Waals surface area contributed by atoms with E-state index in [0.29, 0.717) is 0 Å². The maximum atomic E-state index is 3.95. The zero-order chi connectivity index (χ0) is 8.81. The number of aromatic nitrogens is 1. The molecule has 0 bridgehead atoms. The summed E-state index contributed by atoms with van der Waals surface area (Å²) in [5.74, 6) is 0. The third kappa shape index (κ3) is 3.19. The molecular weight excluding hydrogens is 148 g/mol. The molecule has 0 radical (unpaired) electrons. The molecule has 0 saturated carbocycles. The number of hydrogen-bond acceptors (Lipinski definition) is 2. The molecule has 2 heteroatoms. The first-order chi connectivity index (χ1) is 5.79. The number of nitrogens with zero attached hydrogens (tertiary/aromatic N) is 2. The summed E-state index contributed by atoms with van der Waals surface area (Å²) in [6.45, 7) is 0. The smallest absolute Gasteiger partial charge is 0.0270 e. The van der Waals surface area contributed by atoms with Gasteiger partial charge in [0.25, 0.3) is 0 Å². The summed E-state index contributed by atoms with van der Waals surface area (Å²) in [5.41, 5.74) is 1.29. The van der Waals surface area contributed by atoms with E-state index in [9.17, 15) is 0 Å². The highest BCUT2D eigenvalue weighted by atomic mass is 15.0. The summed E-state index contributed by atoms with van der Waals surface area (Å²) >= 11 is 0. The molecule has 12 heavy (non-hydrogen) atoms. The number of allylic oxidation sites excluding steroid dienone is 1. The van der Waals surface area contributed by atoms with E-state index in [0.717, 1.165) is 6.42 Å². The molecule has 0 aliphatic rings. The van der Waals surface area contributed by atoms with E-state index >= 15 is 0 Å². The van der Waals surface area contributed by atoms with Gasteiger partial charge in [0, 0.05) is 26.5 Å². The molecule has 0 spiro atoms. The molecule has 1 aromatic heterocycles. The molecule has 0 aromatic carbocycles. The van der Waals surface area contributed by atoms with Gasteiger partial charge >= 0.3 is 0 Å². The fourth-order valence-corrected chi connectivity index (χ4v) is 0.918. The topological polar surface area (TPSA) is 16.1 Å². The Morgan fingerprint density at radius 3 is 2.58 bits per heavy atom. The molecule has 0 aliphatic carbocycles. The van der Waals surface area contributed by atoms with Gasteiger partial charge < -0.3 is 4.90 Å². The molecule has 0 atom stereocenters. The molecule has 0 unspecified atom stereocenters. The molecule has 0 saturated heterocycles. The van der Waals surface area contributed by atoms with Gasteiger partial charge in [-0.15, -0.1) is 0 Å². The molecule has 1 rings (SSSR count). The first-order valence-corrected chi connectivity index (χ1v) is 4.01. The van der Waals surface area contributed by atoms with Crippen molar-refractivity contribution in [2.45, 2.75) is 6.42 Å². The Morgan fingerprint density at radius 2 is 2.00 bits per heavy atom. The van der Waals surface area contributed by atoms with E-state index in [4.69, 9.17) is 0 Å². The van der Waals surface area contributed by atoms with Crippen LogP contribution in [0.5, 0.6) is 0 Å². The molecule has 1 aromatic rings. The lowest BCUT2D eigenvalue weighted by atomic mass is 10.2. The minimum absolute atomic E-state index is 0.973. The maximum Gasteiger partial charge on any atom is 0.0270 e. The molecule has 0 fully saturated rings. The predicted molar refractivity (Wildman–Crippen MR) is 50.8 cm³/mol. The van der Waals surface area contributed by atoms with Crippen LogP contribution in [0, 0.1) is 0 Å². The second-order valence-corrected chi connectivity index (χ2v) is 2.91. The van der Waals surface area contributed by atoms with Crippen LogP contribution in [-0.4, -0.2) is 24.0 Å². The zero-order valence-electron chi connectivity index (χ0n) is 7.57. The van der Waals surface area contributed by atoms with Crippen molar-refractivity contribution in [2.75, 3.05) is 14.1 Å². The van der Waals surface area contributed by atoms with Crippen molar-refractivity contribution in [3.8, 4) is 0 Å². The summed E-state index contributed by atoms with van der Waals surface area (Å²) in [7, 11) is 4.03. The van der Waals surface area contributed by atoms with Crippen LogP contribution in [0.2, 0.25) is 0 Å². The van der Waals surface area contributed by atoms with Crippen molar-refractivity contribution in [1.29, 1.82) is 0 Å². The Balaban J connectivity index is 2.43. The third-order valence-corrected chi connectivity index (χ3v) is 1.51. The van der Waals surface area contributed by atoms with Crippen LogP contribution in [0.1, 0.15) is 5.56 Å². The van der Waals surface area contributed by atoms with Gasteiger partial charge in [0.2, 0.25) is 0 Å². The Kier molecular flexibility index (Phi) is 3.33. The van der Waals surface area contributed by atoms with Gasteiger partial charge in [-0.25, -0.2) is 0 Å². The van der Waals surface area contributed by atoms with E-state index in [-0.39, 0.29) is 0 Å². The van der Waals surface area contributed by atoms with Gasteiger partial charge in [-0.3, -0.25) is 4.98 Å². The van der Waals surface area contributed by atoms with E-state index in [1.807, 2.05) is 43.5 Å². The van der Waals surface area contributed by atoms with Crippen molar-refractivity contribution in [1.82, 2.24) is 9.88 Å². The van der Waals surface area contributed by atoms with Gasteiger partial charge in [0.15, 0.2) is 0 Å². The summed E-state index contributed by atoms with van der Waals surface area (Å²) < 4.78 is 0. The Labute approximate surface area is 73.5 Å². The fourth-order valence-electron chi connectivity index (χ4n) is 0.918. The summed E-state index contributed by atoms with van der Waals surface area (Å²) in [4.78, 5) is 5.98. The van der Waals surface area contributed by atoms with Crippen LogP contribution < -0.4 is 0 Å². The predicted octanol–water partition coefficient (Wildman–Crippen LogP) is 1.70. The van der Waals surface area contributed by atoms with E-state index in [1.165, 1.54) is 5.56 Å². The van der Waals surface area contributed by atoms with Crippen molar-refractivity contribution >= 4 is 0 Å². The second-order valence-electron chi connectivity index (χ2n) is 2.91. The highest BCUT2D eigenvalue weighted by Gasteiger charge is 1.85. The molecule has 1 heterocycles. The Morgan fingerprint density at radius 1 is 1.33 bits per heavy atom. The van der Waals surface area contributed by atoms with Crippen molar-refractivity contribution in [3.63, 3.8) is 0 Å². The van der Waals surface area contributed by atoms with Gasteiger partial charge in [-0.2, -0.15) is 0 Å². The molecule has 2 nitrogen and oxygen atoms in total. The molecular formula is C10H14N2. The lowest BCUT2D eigenvalue weighted by molar-refractivity contribution is 0.562. The lowest BCUT2D eigenvalue weighted by Crippen LogP contribution is -2.00. The lowest BCUT2D eigenvalue weighted by Gasteiger charge is -2.02. The first-order valence-electron chi connectivity index (χ1n) is 4.01. The van der Waals surface area contributed by atoms with Crippen LogP contribution in [-0.2, 0) is 6.42 Å². The summed E-state index contributed by atoms with van der Waals surface area (Å²) in [6.07, 6.45) is 8.80. The second kappa shape index (κ2) is 4.54. The van der Waals surface area contributed by atoms with Crippen LogP contribution in [0.3, 0.4) is 0 Å². The molecule has 0 aliphatic heterocycles. The van der Waals surface area contributed by atoms with Gasteiger partial charge in [-0.05, 0) is 30.3 Å². The first kappa shape index (κ1) is 8.78. The Bertz CT molecular complexity index is 239. The van der Waals surface area contributed by atoms with Crippen LogP contribution in [0.15, 0.2) is 36.8 Å².